The molecule has 0 fully saturated rings. The van der Waals surface area contributed by atoms with Crippen LogP contribution in [0, 0.1) is 6.92 Å². The second-order valence-corrected chi connectivity index (χ2v) is 4.70. The van der Waals surface area contributed by atoms with Gasteiger partial charge in [-0.25, -0.2) is 9.78 Å². The van der Waals surface area contributed by atoms with Gasteiger partial charge in [0.1, 0.15) is 18.7 Å². The highest BCUT2D eigenvalue weighted by molar-refractivity contribution is 7.14. The fourth-order valence-electron chi connectivity index (χ4n) is 1.34. The minimum absolute atomic E-state index is 0.201. The van der Waals surface area contributed by atoms with E-state index < -0.39 is 5.97 Å². The Bertz CT molecular complexity index is 547. The highest BCUT2D eigenvalue weighted by Crippen LogP contribution is 2.29. The summed E-state index contributed by atoms with van der Waals surface area (Å²) in [7, 11) is 1.75. The first kappa shape index (κ1) is 11.6. The Morgan fingerprint density at radius 3 is 3.00 bits per heavy atom. The molecule has 6 nitrogen and oxygen atoms in total. The van der Waals surface area contributed by atoms with Crippen LogP contribution in [0.25, 0.3) is 0 Å². The van der Waals surface area contributed by atoms with Crippen molar-refractivity contribution in [2.24, 2.45) is 7.05 Å². The molecule has 0 aromatic carbocycles. The predicted octanol–water partition coefficient (Wildman–Crippen LogP) is 1.46. The Balaban J connectivity index is 2.14. The number of carbonyl (C=O) groups is 1. The standard InChI is InChI=1S/C10H11N3O3S/c1-6-3-7(9(17-6)10(14)15)16-4-8-11-5-12-13(8)2/h3,5H,4H2,1-2H3,(H,14,15). The third kappa shape index (κ3) is 2.44. The quantitative estimate of drug-likeness (QED) is 0.892. The van der Waals surface area contributed by atoms with Crippen LogP contribution in [0.1, 0.15) is 20.4 Å². The third-order valence-corrected chi connectivity index (χ3v) is 3.20. The molecule has 2 rings (SSSR count). The number of rotatable bonds is 4. The van der Waals surface area contributed by atoms with Crippen molar-refractivity contribution in [3.63, 3.8) is 0 Å². The van der Waals surface area contributed by atoms with Crippen LogP contribution in [0.4, 0.5) is 0 Å². The maximum atomic E-state index is 11.0. The maximum absolute atomic E-state index is 11.0. The Morgan fingerprint density at radius 1 is 1.65 bits per heavy atom. The van der Waals surface area contributed by atoms with Gasteiger partial charge in [-0.2, -0.15) is 5.10 Å². The fraction of sp³-hybridized carbons (Fsp3) is 0.300. The number of hydrogen-bond acceptors (Lipinski definition) is 5. The Labute approximate surface area is 101 Å². The summed E-state index contributed by atoms with van der Waals surface area (Å²) < 4.78 is 7.03. The van der Waals surface area contributed by atoms with E-state index in [2.05, 4.69) is 10.1 Å². The summed E-state index contributed by atoms with van der Waals surface area (Å²) in [5.41, 5.74) is 0. The molecule has 0 bridgehead atoms. The molecule has 2 aromatic heterocycles. The number of ether oxygens (including phenoxy) is 1. The van der Waals surface area contributed by atoms with Crippen molar-refractivity contribution in [1.82, 2.24) is 14.8 Å². The lowest BCUT2D eigenvalue weighted by molar-refractivity contribution is 0.0697. The summed E-state index contributed by atoms with van der Waals surface area (Å²) in [6.07, 6.45) is 1.43. The number of carboxylic acids is 1. The number of hydrogen-bond donors (Lipinski definition) is 1. The van der Waals surface area contributed by atoms with Crippen LogP contribution in [0.5, 0.6) is 5.75 Å². The molecule has 0 aliphatic rings. The van der Waals surface area contributed by atoms with Gasteiger partial charge in [0.2, 0.25) is 0 Å². The van der Waals surface area contributed by atoms with Crippen LogP contribution in [-0.4, -0.2) is 25.8 Å². The smallest absolute Gasteiger partial charge is 0.349 e. The van der Waals surface area contributed by atoms with E-state index in [0.717, 1.165) is 4.88 Å². The van der Waals surface area contributed by atoms with Crippen LogP contribution in [0.2, 0.25) is 0 Å². The van der Waals surface area contributed by atoms with E-state index in [1.807, 2.05) is 6.92 Å². The largest absolute Gasteiger partial charge is 0.484 e. The molecular formula is C10H11N3O3S. The second-order valence-electron chi connectivity index (χ2n) is 3.44. The first-order valence-corrected chi connectivity index (χ1v) is 5.69. The number of aromatic nitrogens is 3. The first-order valence-electron chi connectivity index (χ1n) is 4.87. The Morgan fingerprint density at radius 2 is 2.41 bits per heavy atom. The molecule has 0 aliphatic carbocycles. The summed E-state index contributed by atoms with van der Waals surface area (Å²) in [6, 6.07) is 1.71. The molecule has 1 N–H and O–H groups in total. The molecule has 0 aliphatic heterocycles. The van der Waals surface area contributed by atoms with Gasteiger partial charge in [-0.3, -0.25) is 4.68 Å². The van der Waals surface area contributed by atoms with Crippen molar-refractivity contribution in [2.45, 2.75) is 13.5 Å². The van der Waals surface area contributed by atoms with E-state index in [-0.39, 0.29) is 11.5 Å². The van der Waals surface area contributed by atoms with Gasteiger partial charge in [-0.1, -0.05) is 0 Å². The molecule has 2 aromatic rings. The van der Waals surface area contributed by atoms with Gasteiger partial charge in [0.05, 0.1) is 0 Å². The van der Waals surface area contributed by atoms with Gasteiger partial charge < -0.3 is 9.84 Å². The molecule has 7 heteroatoms. The second kappa shape index (κ2) is 4.54. The van der Waals surface area contributed by atoms with Crippen LogP contribution in [0.3, 0.4) is 0 Å². The van der Waals surface area contributed by atoms with E-state index in [1.54, 1.807) is 17.8 Å². The number of aromatic carboxylic acids is 1. The SMILES string of the molecule is Cc1cc(OCc2ncnn2C)c(C(=O)O)s1. The van der Waals surface area contributed by atoms with Gasteiger partial charge >= 0.3 is 5.97 Å². The molecule has 90 valence electrons. The number of thiophene rings is 1. The molecule has 0 saturated carbocycles. The fourth-order valence-corrected chi connectivity index (χ4v) is 2.13. The van der Waals surface area contributed by atoms with E-state index >= 15 is 0 Å². The van der Waals surface area contributed by atoms with E-state index in [0.29, 0.717) is 11.6 Å². The lowest BCUT2D eigenvalue weighted by Crippen LogP contribution is -2.05. The van der Waals surface area contributed by atoms with Crippen LogP contribution >= 0.6 is 11.3 Å². The van der Waals surface area contributed by atoms with Crippen molar-refractivity contribution in [1.29, 1.82) is 0 Å². The highest BCUT2D eigenvalue weighted by Gasteiger charge is 2.15. The molecule has 0 unspecified atom stereocenters. The molecule has 0 spiro atoms. The lowest BCUT2D eigenvalue weighted by Gasteiger charge is -2.04. The highest BCUT2D eigenvalue weighted by atomic mass is 32.1. The topological polar surface area (TPSA) is 77.2 Å². The van der Waals surface area contributed by atoms with E-state index in [9.17, 15) is 4.79 Å². The third-order valence-electron chi connectivity index (χ3n) is 2.18. The van der Waals surface area contributed by atoms with Crippen molar-refractivity contribution in [3.8, 4) is 5.75 Å². The van der Waals surface area contributed by atoms with Crippen LogP contribution in [0.15, 0.2) is 12.4 Å². The Hall–Kier alpha value is -1.89. The molecule has 0 atom stereocenters. The van der Waals surface area contributed by atoms with Crippen LogP contribution in [-0.2, 0) is 13.7 Å². The average Bonchev–Trinajstić information content (AvgIpc) is 2.82. The van der Waals surface area contributed by atoms with Gasteiger partial charge in [-0.05, 0) is 13.0 Å². The zero-order chi connectivity index (χ0) is 12.4. The summed E-state index contributed by atoms with van der Waals surface area (Å²) in [5.74, 6) is 0.0456. The zero-order valence-electron chi connectivity index (χ0n) is 9.38. The van der Waals surface area contributed by atoms with Gasteiger partial charge in [-0.15, -0.1) is 11.3 Å². The van der Waals surface area contributed by atoms with E-state index in [1.165, 1.54) is 17.7 Å². The molecule has 0 amide bonds. The molecular weight excluding hydrogens is 242 g/mol. The van der Waals surface area contributed by atoms with Gasteiger partial charge in [0, 0.05) is 11.9 Å². The summed E-state index contributed by atoms with van der Waals surface area (Å²) in [5, 5.41) is 12.9. The van der Waals surface area contributed by atoms with Crippen LogP contribution < -0.4 is 4.74 Å². The minimum atomic E-state index is -0.976. The average molecular weight is 253 g/mol. The van der Waals surface area contributed by atoms with Crippen molar-refractivity contribution < 1.29 is 14.6 Å². The van der Waals surface area contributed by atoms with Crippen molar-refractivity contribution >= 4 is 17.3 Å². The molecule has 0 saturated heterocycles. The molecule has 2 heterocycles. The maximum Gasteiger partial charge on any atom is 0.349 e. The summed E-state index contributed by atoms with van der Waals surface area (Å²) >= 11 is 1.20. The summed E-state index contributed by atoms with van der Waals surface area (Å²) in [4.78, 5) is 16.1. The lowest BCUT2D eigenvalue weighted by atomic mass is 10.4. The number of aryl methyl sites for hydroxylation is 2. The van der Waals surface area contributed by atoms with E-state index in [4.69, 9.17) is 9.84 Å². The van der Waals surface area contributed by atoms with Gasteiger partial charge in [0.25, 0.3) is 0 Å². The van der Waals surface area contributed by atoms with Gasteiger partial charge in [0.15, 0.2) is 10.7 Å². The van der Waals surface area contributed by atoms with Crippen molar-refractivity contribution in [2.75, 3.05) is 0 Å². The Kier molecular flexibility index (Phi) is 3.10. The minimum Gasteiger partial charge on any atom is -0.484 e. The number of nitrogens with zero attached hydrogens (tertiary/aromatic N) is 3. The number of carboxylic acid groups (broad SMARTS) is 1. The first-order chi connectivity index (χ1) is 8.08. The predicted molar refractivity (Wildman–Crippen MR) is 61.4 cm³/mol. The van der Waals surface area contributed by atoms with Crippen molar-refractivity contribution in [3.05, 3.63) is 28.0 Å². The zero-order valence-corrected chi connectivity index (χ0v) is 10.2. The normalized spacial score (nSPS) is 10.5. The molecule has 17 heavy (non-hydrogen) atoms. The molecule has 0 radical (unpaired) electrons. The monoisotopic (exact) mass is 253 g/mol. The summed E-state index contributed by atoms with van der Waals surface area (Å²) in [6.45, 7) is 2.04.